The second-order valence-corrected chi connectivity index (χ2v) is 8.71. The molecule has 0 radical (unpaired) electrons. The molecule has 3 aromatic carbocycles. The summed E-state index contributed by atoms with van der Waals surface area (Å²) in [6, 6.07) is 28.3. The molecule has 0 spiro atoms. The van der Waals surface area contributed by atoms with E-state index < -0.39 is 0 Å². The maximum Gasteiger partial charge on any atom is 0.266 e. The maximum atomic E-state index is 12.7. The number of anilines is 3. The van der Waals surface area contributed by atoms with E-state index in [1.807, 2.05) is 66.7 Å². The van der Waals surface area contributed by atoms with Crippen LogP contribution in [0, 0.1) is 0 Å². The van der Waals surface area contributed by atoms with Crippen LogP contribution >= 0.6 is 24.0 Å². The number of amides is 2. The molecule has 0 aromatic heterocycles. The number of hydrogen-bond donors (Lipinski definition) is 1. The summed E-state index contributed by atoms with van der Waals surface area (Å²) in [7, 11) is 1.53. The van der Waals surface area contributed by atoms with Gasteiger partial charge in [-0.05, 0) is 48.0 Å². The van der Waals surface area contributed by atoms with Gasteiger partial charge in [-0.2, -0.15) is 0 Å². The van der Waals surface area contributed by atoms with E-state index in [2.05, 4.69) is 34.5 Å². The highest BCUT2D eigenvalue weighted by Crippen LogP contribution is 2.35. The van der Waals surface area contributed by atoms with Gasteiger partial charge in [0.25, 0.3) is 5.91 Å². The van der Waals surface area contributed by atoms with E-state index in [4.69, 9.17) is 12.2 Å². The highest BCUT2D eigenvalue weighted by molar-refractivity contribution is 8.26. The van der Waals surface area contributed by atoms with Crippen molar-refractivity contribution in [2.24, 2.45) is 0 Å². The van der Waals surface area contributed by atoms with Crippen LogP contribution in [0.15, 0.2) is 89.8 Å². The molecular formula is C25H21N3O2S2. The molecule has 0 atom stereocenters. The van der Waals surface area contributed by atoms with E-state index in [-0.39, 0.29) is 18.4 Å². The molecule has 160 valence electrons. The molecule has 0 saturated carbocycles. The minimum absolute atomic E-state index is 0.0689. The van der Waals surface area contributed by atoms with Crippen LogP contribution in [-0.2, 0) is 9.59 Å². The molecule has 4 rings (SSSR count). The summed E-state index contributed by atoms with van der Waals surface area (Å²) in [5.41, 5.74) is 4.00. The lowest BCUT2D eigenvalue weighted by Gasteiger charge is -2.25. The fraction of sp³-hybridized carbons (Fsp3) is 0.0800. The minimum Gasteiger partial charge on any atom is -0.358 e. The van der Waals surface area contributed by atoms with Gasteiger partial charge in [0.2, 0.25) is 5.91 Å². The normalized spacial score (nSPS) is 14.7. The molecule has 0 aliphatic carbocycles. The Balaban J connectivity index is 1.60. The molecule has 5 nitrogen and oxygen atoms in total. The van der Waals surface area contributed by atoms with E-state index in [1.54, 1.807) is 0 Å². The molecule has 1 N–H and O–H groups in total. The van der Waals surface area contributed by atoms with Gasteiger partial charge in [-0.15, -0.1) is 0 Å². The van der Waals surface area contributed by atoms with Gasteiger partial charge >= 0.3 is 0 Å². The molecule has 32 heavy (non-hydrogen) atoms. The Bertz CT molecular complexity index is 1120. The number of thioether (sulfide) groups is 1. The predicted octanol–water partition coefficient (Wildman–Crippen LogP) is 5.10. The van der Waals surface area contributed by atoms with E-state index in [0.29, 0.717) is 9.23 Å². The first-order valence-electron chi connectivity index (χ1n) is 10.0. The van der Waals surface area contributed by atoms with Crippen LogP contribution < -0.4 is 10.2 Å². The molecular weight excluding hydrogens is 438 g/mol. The first-order chi connectivity index (χ1) is 15.6. The van der Waals surface area contributed by atoms with Crippen molar-refractivity contribution in [1.82, 2.24) is 10.2 Å². The number of para-hydroxylation sites is 2. The van der Waals surface area contributed by atoms with Gasteiger partial charge in [0.15, 0.2) is 0 Å². The Morgan fingerprint density at radius 3 is 2.00 bits per heavy atom. The number of carbonyl (C=O) groups is 2. The van der Waals surface area contributed by atoms with Crippen LogP contribution in [0.1, 0.15) is 5.56 Å². The lowest BCUT2D eigenvalue weighted by molar-refractivity contribution is -0.128. The summed E-state index contributed by atoms with van der Waals surface area (Å²) in [4.78, 5) is 28.3. The molecule has 7 heteroatoms. The van der Waals surface area contributed by atoms with Crippen molar-refractivity contribution < 1.29 is 9.59 Å². The monoisotopic (exact) mass is 459 g/mol. The number of likely N-dealkylation sites (N-methyl/N-ethyl adjacent to an activating group) is 1. The van der Waals surface area contributed by atoms with Crippen molar-refractivity contribution in [3.8, 4) is 0 Å². The zero-order valence-electron chi connectivity index (χ0n) is 17.4. The lowest BCUT2D eigenvalue weighted by atomic mass is 10.1. The second-order valence-electron chi connectivity index (χ2n) is 7.04. The van der Waals surface area contributed by atoms with Gasteiger partial charge in [0.1, 0.15) is 10.9 Å². The molecule has 1 aliphatic heterocycles. The van der Waals surface area contributed by atoms with Crippen LogP contribution in [0.2, 0.25) is 0 Å². The third-order valence-corrected chi connectivity index (χ3v) is 6.31. The average Bonchev–Trinajstić information content (AvgIpc) is 3.09. The SMILES string of the molecule is CNC(=O)CN1C(=O)/C(=C\c2ccc(N(c3ccccc3)c3ccccc3)cc2)SC1=S. The fourth-order valence-electron chi connectivity index (χ4n) is 3.33. The molecule has 1 aliphatic rings. The summed E-state index contributed by atoms with van der Waals surface area (Å²) in [6.07, 6.45) is 1.81. The van der Waals surface area contributed by atoms with Crippen molar-refractivity contribution in [2.45, 2.75) is 0 Å². The third-order valence-electron chi connectivity index (χ3n) is 4.93. The minimum atomic E-state index is -0.256. The van der Waals surface area contributed by atoms with Crippen molar-refractivity contribution in [2.75, 3.05) is 18.5 Å². The molecule has 1 fully saturated rings. The fourth-order valence-corrected chi connectivity index (χ4v) is 4.59. The lowest BCUT2D eigenvalue weighted by Crippen LogP contribution is -2.38. The van der Waals surface area contributed by atoms with Gasteiger partial charge in [-0.1, -0.05) is 72.5 Å². The summed E-state index contributed by atoms with van der Waals surface area (Å²) in [5, 5.41) is 2.52. The summed E-state index contributed by atoms with van der Waals surface area (Å²) in [5.74, 6) is -0.503. The topological polar surface area (TPSA) is 52.7 Å². The van der Waals surface area contributed by atoms with Crippen molar-refractivity contribution in [3.63, 3.8) is 0 Å². The van der Waals surface area contributed by atoms with Crippen LogP contribution in [0.4, 0.5) is 17.1 Å². The molecule has 2 amide bonds. The van der Waals surface area contributed by atoms with Crippen molar-refractivity contribution >= 4 is 63.3 Å². The third kappa shape index (κ3) is 4.74. The van der Waals surface area contributed by atoms with Crippen LogP contribution in [-0.4, -0.2) is 34.6 Å². The van der Waals surface area contributed by atoms with Gasteiger partial charge in [0, 0.05) is 24.1 Å². The summed E-state index contributed by atoms with van der Waals surface area (Å²) in [6.45, 7) is -0.0689. The summed E-state index contributed by atoms with van der Waals surface area (Å²) >= 11 is 6.49. The van der Waals surface area contributed by atoms with Gasteiger partial charge in [-0.25, -0.2) is 0 Å². The van der Waals surface area contributed by atoms with Crippen LogP contribution in [0.3, 0.4) is 0 Å². The number of rotatable bonds is 6. The zero-order valence-corrected chi connectivity index (χ0v) is 19.0. The Hall–Kier alpha value is -3.42. The van der Waals surface area contributed by atoms with Gasteiger partial charge < -0.3 is 10.2 Å². The number of nitrogens with one attached hydrogen (secondary N) is 1. The van der Waals surface area contributed by atoms with Gasteiger partial charge in [0.05, 0.1) is 4.91 Å². The van der Waals surface area contributed by atoms with Crippen molar-refractivity contribution in [3.05, 3.63) is 95.4 Å². The Morgan fingerprint density at radius 2 is 1.47 bits per heavy atom. The number of carbonyl (C=O) groups excluding carboxylic acids is 2. The van der Waals surface area contributed by atoms with E-state index >= 15 is 0 Å². The smallest absolute Gasteiger partial charge is 0.266 e. The van der Waals surface area contributed by atoms with E-state index in [9.17, 15) is 9.59 Å². The quantitative estimate of drug-likeness (QED) is 0.410. The molecule has 1 saturated heterocycles. The average molecular weight is 460 g/mol. The highest BCUT2D eigenvalue weighted by atomic mass is 32.2. The molecule has 0 bridgehead atoms. The standard InChI is InChI=1S/C25H21N3O2S2/c1-26-23(29)17-27-24(30)22(32-25(27)31)16-18-12-14-21(15-13-18)28(19-8-4-2-5-9-19)20-10-6-3-7-11-20/h2-16H,17H2,1H3,(H,26,29)/b22-16+. The molecule has 3 aromatic rings. The Kier molecular flexibility index (Phi) is 6.68. The molecule has 0 unspecified atom stereocenters. The predicted molar refractivity (Wildman–Crippen MR) is 135 cm³/mol. The highest BCUT2D eigenvalue weighted by Gasteiger charge is 2.33. The van der Waals surface area contributed by atoms with Gasteiger partial charge in [-0.3, -0.25) is 14.5 Å². The number of hydrogen-bond acceptors (Lipinski definition) is 5. The van der Waals surface area contributed by atoms with Crippen LogP contribution in [0.5, 0.6) is 0 Å². The zero-order chi connectivity index (χ0) is 22.5. The maximum absolute atomic E-state index is 12.7. The summed E-state index contributed by atoms with van der Waals surface area (Å²) < 4.78 is 0.390. The Labute approximate surface area is 196 Å². The number of nitrogens with zero attached hydrogens (tertiary/aromatic N) is 2. The van der Waals surface area contributed by atoms with Crippen LogP contribution in [0.25, 0.3) is 6.08 Å². The molecule has 1 heterocycles. The van der Waals surface area contributed by atoms with Crippen molar-refractivity contribution in [1.29, 1.82) is 0 Å². The first-order valence-corrected chi connectivity index (χ1v) is 11.3. The Morgan fingerprint density at radius 1 is 0.938 bits per heavy atom. The van der Waals surface area contributed by atoms with E-state index in [1.165, 1.54) is 23.7 Å². The second kappa shape index (κ2) is 9.80. The van der Waals surface area contributed by atoms with E-state index in [0.717, 1.165) is 22.6 Å². The number of thiocarbonyl (C=S) groups is 1. The largest absolute Gasteiger partial charge is 0.358 e. The number of benzene rings is 3. The first kappa shape index (κ1) is 21.8.